The van der Waals surface area contributed by atoms with Gasteiger partial charge in [0, 0.05) is 18.9 Å². The van der Waals surface area contributed by atoms with Crippen molar-refractivity contribution >= 4 is 5.91 Å². The van der Waals surface area contributed by atoms with Crippen molar-refractivity contribution in [2.75, 3.05) is 6.54 Å². The maximum atomic E-state index is 11.7. The van der Waals surface area contributed by atoms with Gasteiger partial charge in [-0.15, -0.1) is 0 Å². The number of rotatable bonds is 4. The summed E-state index contributed by atoms with van der Waals surface area (Å²) in [6.45, 7) is 0.694. The third kappa shape index (κ3) is 3.66. The predicted molar refractivity (Wildman–Crippen MR) is 65.5 cm³/mol. The maximum absolute atomic E-state index is 11.7. The van der Waals surface area contributed by atoms with Gasteiger partial charge in [0.25, 0.3) is 5.91 Å². The van der Waals surface area contributed by atoms with Crippen LogP contribution < -0.4 is 5.32 Å². The number of nitrogens with one attached hydrogen (secondary N) is 1. The molecule has 0 atom stereocenters. The number of allylic oxidation sites excluding steroid dienone is 1. The molecular formula is C13H17N3O. The third-order valence-corrected chi connectivity index (χ3v) is 2.94. The van der Waals surface area contributed by atoms with E-state index in [9.17, 15) is 4.79 Å². The first-order valence-corrected chi connectivity index (χ1v) is 6.07. The molecule has 2 rings (SSSR count). The van der Waals surface area contributed by atoms with Crippen LogP contribution in [0.4, 0.5) is 0 Å². The number of hydrogen-bond donors (Lipinski definition) is 1. The fourth-order valence-corrected chi connectivity index (χ4v) is 1.99. The minimum absolute atomic E-state index is 0.0954. The van der Waals surface area contributed by atoms with Crippen molar-refractivity contribution in [1.29, 1.82) is 0 Å². The molecule has 0 unspecified atom stereocenters. The van der Waals surface area contributed by atoms with Crippen LogP contribution in [0.1, 0.15) is 42.5 Å². The minimum atomic E-state index is -0.0954. The zero-order valence-corrected chi connectivity index (χ0v) is 9.85. The van der Waals surface area contributed by atoms with Gasteiger partial charge in [0.1, 0.15) is 6.33 Å². The number of carbonyl (C=O) groups is 1. The minimum Gasteiger partial charge on any atom is -0.352 e. The van der Waals surface area contributed by atoms with E-state index in [2.05, 4.69) is 21.4 Å². The van der Waals surface area contributed by atoms with E-state index in [4.69, 9.17) is 0 Å². The third-order valence-electron chi connectivity index (χ3n) is 2.94. The summed E-state index contributed by atoms with van der Waals surface area (Å²) in [4.78, 5) is 19.3. The Bertz CT molecular complexity index is 400. The lowest BCUT2D eigenvalue weighted by atomic mass is 9.97. The van der Waals surface area contributed by atoms with Gasteiger partial charge in [-0.25, -0.2) is 9.97 Å². The average molecular weight is 231 g/mol. The van der Waals surface area contributed by atoms with Crippen molar-refractivity contribution in [2.45, 2.75) is 32.1 Å². The van der Waals surface area contributed by atoms with Crippen LogP contribution in [0.5, 0.6) is 0 Å². The summed E-state index contributed by atoms with van der Waals surface area (Å²) in [6.07, 6.45) is 12.7. The van der Waals surface area contributed by atoms with E-state index in [0.717, 1.165) is 6.42 Å². The average Bonchev–Trinajstić information content (AvgIpc) is 2.41. The molecule has 0 aliphatic heterocycles. The van der Waals surface area contributed by atoms with Gasteiger partial charge in [0.2, 0.25) is 0 Å². The van der Waals surface area contributed by atoms with Crippen molar-refractivity contribution in [3.8, 4) is 0 Å². The zero-order chi connectivity index (χ0) is 11.9. The highest BCUT2D eigenvalue weighted by Gasteiger charge is 2.06. The summed E-state index contributed by atoms with van der Waals surface area (Å²) in [5.74, 6) is -0.0954. The van der Waals surface area contributed by atoms with Gasteiger partial charge in [-0.1, -0.05) is 11.6 Å². The monoisotopic (exact) mass is 231 g/mol. The quantitative estimate of drug-likeness (QED) is 0.807. The highest BCUT2D eigenvalue weighted by molar-refractivity contribution is 5.93. The molecule has 0 saturated carbocycles. The number of nitrogens with zero attached hydrogens (tertiary/aromatic N) is 2. The summed E-state index contributed by atoms with van der Waals surface area (Å²) in [5.41, 5.74) is 1.99. The van der Waals surface area contributed by atoms with E-state index in [-0.39, 0.29) is 5.91 Å². The van der Waals surface area contributed by atoms with Crippen molar-refractivity contribution in [2.24, 2.45) is 0 Å². The van der Waals surface area contributed by atoms with Crippen molar-refractivity contribution < 1.29 is 4.79 Å². The van der Waals surface area contributed by atoms with E-state index < -0.39 is 0 Å². The predicted octanol–water partition coefficient (Wildman–Crippen LogP) is 2.10. The molecular weight excluding hydrogens is 214 g/mol. The van der Waals surface area contributed by atoms with Crippen LogP contribution in [-0.2, 0) is 0 Å². The molecule has 0 bridgehead atoms. The molecule has 1 amide bonds. The first kappa shape index (κ1) is 11.8. The van der Waals surface area contributed by atoms with E-state index in [0.29, 0.717) is 12.1 Å². The Morgan fingerprint density at radius 2 is 2.12 bits per heavy atom. The molecule has 1 aromatic rings. The number of carbonyl (C=O) groups excluding carboxylic acids is 1. The van der Waals surface area contributed by atoms with Gasteiger partial charge in [-0.2, -0.15) is 0 Å². The zero-order valence-electron chi connectivity index (χ0n) is 9.85. The van der Waals surface area contributed by atoms with E-state index in [1.54, 1.807) is 0 Å². The normalized spacial score (nSPS) is 15.2. The molecule has 4 nitrogen and oxygen atoms in total. The Kier molecular flexibility index (Phi) is 4.24. The first-order chi connectivity index (χ1) is 8.36. The first-order valence-electron chi connectivity index (χ1n) is 6.07. The van der Waals surface area contributed by atoms with Gasteiger partial charge < -0.3 is 5.32 Å². The largest absolute Gasteiger partial charge is 0.352 e. The number of aromatic nitrogens is 2. The number of hydrogen-bond acceptors (Lipinski definition) is 3. The maximum Gasteiger partial charge on any atom is 0.254 e. The van der Waals surface area contributed by atoms with Crippen molar-refractivity contribution in [3.05, 3.63) is 35.9 Å². The summed E-state index contributed by atoms with van der Waals surface area (Å²) < 4.78 is 0. The van der Waals surface area contributed by atoms with Gasteiger partial charge in [-0.3, -0.25) is 4.79 Å². The molecule has 0 fully saturated rings. The molecule has 0 radical (unpaired) electrons. The summed E-state index contributed by atoms with van der Waals surface area (Å²) in [6, 6.07) is 0. The van der Waals surface area contributed by atoms with Gasteiger partial charge in [0.05, 0.1) is 5.56 Å². The molecule has 1 N–H and O–H groups in total. The molecule has 1 aromatic heterocycles. The van der Waals surface area contributed by atoms with Crippen LogP contribution >= 0.6 is 0 Å². The molecule has 0 saturated heterocycles. The Morgan fingerprint density at radius 3 is 2.82 bits per heavy atom. The summed E-state index contributed by atoms with van der Waals surface area (Å²) in [5, 5.41) is 2.89. The topological polar surface area (TPSA) is 54.9 Å². The summed E-state index contributed by atoms with van der Waals surface area (Å²) in [7, 11) is 0. The molecule has 90 valence electrons. The Balaban J connectivity index is 1.75. The van der Waals surface area contributed by atoms with E-state index >= 15 is 0 Å². The second-order valence-corrected chi connectivity index (χ2v) is 4.24. The molecule has 1 aliphatic rings. The fourth-order valence-electron chi connectivity index (χ4n) is 1.99. The van der Waals surface area contributed by atoms with Gasteiger partial charge >= 0.3 is 0 Å². The number of amides is 1. The summed E-state index contributed by atoms with van der Waals surface area (Å²) >= 11 is 0. The SMILES string of the molecule is O=C(NCCC1=CCCCC1)c1cncnc1. The lowest BCUT2D eigenvalue weighted by Crippen LogP contribution is -2.25. The molecule has 1 aliphatic carbocycles. The molecule has 0 spiro atoms. The van der Waals surface area contributed by atoms with Crippen molar-refractivity contribution in [3.63, 3.8) is 0 Å². The van der Waals surface area contributed by atoms with Crippen LogP contribution in [0.15, 0.2) is 30.4 Å². The second kappa shape index (κ2) is 6.13. The Hall–Kier alpha value is -1.71. The van der Waals surface area contributed by atoms with E-state index in [1.807, 2.05) is 0 Å². The standard InChI is InChI=1S/C13H17N3O/c17-13(12-8-14-10-15-9-12)16-7-6-11-4-2-1-3-5-11/h4,8-10H,1-3,5-7H2,(H,16,17). The van der Waals surface area contributed by atoms with Crippen LogP contribution in [0, 0.1) is 0 Å². The van der Waals surface area contributed by atoms with Crippen LogP contribution in [0.3, 0.4) is 0 Å². The second-order valence-electron chi connectivity index (χ2n) is 4.24. The highest BCUT2D eigenvalue weighted by atomic mass is 16.1. The Labute approximate surface area is 101 Å². The highest BCUT2D eigenvalue weighted by Crippen LogP contribution is 2.19. The smallest absolute Gasteiger partial charge is 0.254 e. The fraction of sp³-hybridized carbons (Fsp3) is 0.462. The van der Waals surface area contributed by atoms with Crippen LogP contribution in [0.25, 0.3) is 0 Å². The lowest BCUT2D eigenvalue weighted by molar-refractivity contribution is 0.0953. The molecule has 1 heterocycles. The lowest BCUT2D eigenvalue weighted by Gasteiger charge is -2.12. The Morgan fingerprint density at radius 1 is 1.29 bits per heavy atom. The molecule has 4 heteroatoms. The molecule has 0 aromatic carbocycles. The van der Waals surface area contributed by atoms with Crippen LogP contribution in [0.2, 0.25) is 0 Å². The van der Waals surface area contributed by atoms with Crippen LogP contribution in [-0.4, -0.2) is 22.4 Å². The molecule has 17 heavy (non-hydrogen) atoms. The van der Waals surface area contributed by atoms with Gasteiger partial charge in [0.15, 0.2) is 0 Å². The van der Waals surface area contributed by atoms with Gasteiger partial charge in [-0.05, 0) is 32.1 Å². The van der Waals surface area contributed by atoms with Crippen molar-refractivity contribution in [1.82, 2.24) is 15.3 Å². The van der Waals surface area contributed by atoms with E-state index in [1.165, 1.54) is 50.0 Å².